The fourth-order valence-corrected chi connectivity index (χ4v) is 4.78. The van der Waals surface area contributed by atoms with Gasteiger partial charge in [0.2, 0.25) is 0 Å². The molecule has 0 amide bonds. The van der Waals surface area contributed by atoms with Gasteiger partial charge in [-0.3, -0.25) is 14.2 Å². The Morgan fingerprint density at radius 1 is 1.43 bits per heavy atom. The average Bonchev–Trinajstić information content (AvgIpc) is 2.96. The average molecular weight is 419 g/mol. The number of fused-ring (bicyclic) bond motifs is 1. The van der Waals surface area contributed by atoms with Gasteiger partial charge in [-0.2, -0.15) is 0 Å². The van der Waals surface area contributed by atoms with Gasteiger partial charge < -0.3 is 4.74 Å². The van der Waals surface area contributed by atoms with Crippen molar-refractivity contribution in [1.29, 1.82) is 0 Å². The van der Waals surface area contributed by atoms with Crippen molar-refractivity contribution in [3.63, 3.8) is 0 Å². The van der Waals surface area contributed by atoms with Crippen molar-refractivity contribution in [2.24, 2.45) is 0 Å². The Balaban J connectivity index is 1.97. The number of thioether (sulfide) groups is 1. The minimum absolute atomic E-state index is 0.00174. The van der Waals surface area contributed by atoms with Crippen LogP contribution in [-0.4, -0.2) is 28.2 Å². The molecule has 0 aliphatic carbocycles. The highest BCUT2D eigenvalue weighted by Crippen LogP contribution is 2.29. The number of aryl methyl sites for hydroxylation is 2. The van der Waals surface area contributed by atoms with Crippen LogP contribution in [0.25, 0.3) is 10.2 Å². The van der Waals surface area contributed by atoms with Crippen molar-refractivity contribution in [3.05, 3.63) is 63.0 Å². The van der Waals surface area contributed by atoms with Gasteiger partial charge in [0, 0.05) is 11.4 Å². The lowest BCUT2D eigenvalue weighted by Gasteiger charge is -2.11. The van der Waals surface area contributed by atoms with E-state index in [1.807, 2.05) is 13.8 Å². The highest BCUT2D eigenvalue weighted by atomic mass is 32.2. The van der Waals surface area contributed by atoms with Gasteiger partial charge in [0.15, 0.2) is 10.9 Å². The number of ether oxygens (including phenoxy) is 1. The van der Waals surface area contributed by atoms with Gasteiger partial charge in [-0.15, -0.1) is 17.9 Å². The van der Waals surface area contributed by atoms with Crippen LogP contribution in [-0.2, 0) is 6.54 Å². The zero-order valence-corrected chi connectivity index (χ0v) is 17.4. The van der Waals surface area contributed by atoms with E-state index in [4.69, 9.17) is 4.74 Å². The van der Waals surface area contributed by atoms with Gasteiger partial charge in [0.1, 0.15) is 16.4 Å². The van der Waals surface area contributed by atoms with Crippen LogP contribution in [0.3, 0.4) is 0 Å². The molecule has 8 heteroatoms. The third kappa shape index (κ3) is 3.74. The van der Waals surface area contributed by atoms with Gasteiger partial charge in [0.05, 0.1) is 23.8 Å². The number of thiophene rings is 1. The number of methoxy groups -OCH3 is 1. The summed E-state index contributed by atoms with van der Waals surface area (Å²) in [5, 5.41) is 1.04. The lowest BCUT2D eigenvalue weighted by molar-refractivity contribution is 0.101. The minimum Gasteiger partial charge on any atom is -0.496 e. The van der Waals surface area contributed by atoms with Crippen LogP contribution in [0.2, 0.25) is 0 Å². The molecule has 2 heterocycles. The predicted octanol–water partition coefficient (Wildman–Crippen LogP) is 4.38. The Bertz CT molecular complexity index is 1130. The molecule has 3 aromatic rings. The van der Waals surface area contributed by atoms with E-state index in [1.54, 1.807) is 6.08 Å². The van der Waals surface area contributed by atoms with E-state index in [2.05, 4.69) is 11.6 Å². The molecule has 0 saturated heterocycles. The van der Waals surface area contributed by atoms with Crippen LogP contribution >= 0.6 is 23.1 Å². The Hall–Kier alpha value is -2.45. The van der Waals surface area contributed by atoms with Gasteiger partial charge in [-0.1, -0.05) is 17.8 Å². The van der Waals surface area contributed by atoms with Crippen LogP contribution in [0.15, 0.2) is 40.8 Å². The number of hydrogen-bond donors (Lipinski definition) is 0. The molecule has 1 aromatic carbocycles. The number of halogens is 1. The molecule has 0 N–H and O–H groups in total. The predicted molar refractivity (Wildman–Crippen MR) is 112 cm³/mol. The van der Waals surface area contributed by atoms with Gasteiger partial charge in [0.25, 0.3) is 5.56 Å². The molecule has 0 spiro atoms. The number of benzene rings is 1. The van der Waals surface area contributed by atoms with Gasteiger partial charge in [-0.25, -0.2) is 9.37 Å². The molecule has 28 heavy (non-hydrogen) atoms. The smallest absolute Gasteiger partial charge is 0.263 e. The highest BCUT2D eigenvalue weighted by molar-refractivity contribution is 7.99. The van der Waals surface area contributed by atoms with E-state index in [-0.39, 0.29) is 29.2 Å². The van der Waals surface area contributed by atoms with Crippen molar-refractivity contribution in [1.82, 2.24) is 9.55 Å². The Morgan fingerprint density at radius 3 is 2.86 bits per heavy atom. The molecule has 0 unspecified atom stereocenters. The zero-order chi connectivity index (χ0) is 20.4. The Morgan fingerprint density at radius 2 is 2.18 bits per heavy atom. The highest BCUT2D eigenvalue weighted by Gasteiger charge is 2.19. The number of carbonyl (C=O) groups is 1. The summed E-state index contributed by atoms with van der Waals surface area (Å²) in [5.41, 5.74) is 0.939. The second-order valence-corrected chi connectivity index (χ2v) is 8.26. The quantitative estimate of drug-likeness (QED) is 0.247. The summed E-state index contributed by atoms with van der Waals surface area (Å²) in [4.78, 5) is 31.9. The van der Waals surface area contributed by atoms with Crippen LogP contribution in [0.4, 0.5) is 4.39 Å². The van der Waals surface area contributed by atoms with Crippen molar-refractivity contribution >= 4 is 39.1 Å². The first-order valence-corrected chi connectivity index (χ1v) is 10.3. The van der Waals surface area contributed by atoms with E-state index in [1.165, 1.54) is 35.1 Å². The minimum atomic E-state index is -0.512. The van der Waals surface area contributed by atoms with E-state index in [9.17, 15) is 14.0 Å². The molecule has 5 nitrogen and oxygen atoms in total. The SMILES string of the molecule is C=CCn1c(SCC(=O)c2cc(F)ccc2OC)nc2sc(C)c(C)c2c1=O. The first kappa shape index (κ1) is 20.3. The first-order valence-electron chi connectivity index (χ1n) is 8.48. The van der Waals surface area contributed by atoms with Crippen LogP contribution in [0.1, 0.15) is 20.8 Å². The number of aromatic nitrogens is 2. The third-order valence-electron chi connectivity index (χ3n) is 4.36. The molecule has 0 aliphatic heterocycles. The van der Waals surface area contributed by atoms with Crippen molar-refractivity contribution in [3.8, 4) is 5.75 Å². The molecule has 0 fully saturated rings. The number of rotatable bonds is 7. The topological polar surface area (TPSA) is 61.2 Å². The van der Waals surface area contributed by atoms with Crippen molar-refractivity contribution in [2.75, 3.05) is 12.9 Å². The molecule has 0 radical (unpaired) electrons. The first-order chi connectivity index (χ1) is 13.4. The third-order valence-corrected chi connectivity index (χ3v) is 6.44. The van der Waals surface area contributed by atoms with Crippen molar-refractivity contribution < 1.29 is 13.9 Å². The number of Topliss-reactive ketones (excluding diaryl/α,β-unsaturated/α-hetero) is 1. The zero-order valence-electron chi connectivity index (χ0n) is 15.7. The fourth-order valence-electron chi connectivity index (χ4n) is 2.81. The molecule has 0 bridgehead atoms. The van der Waals surface area contributed by atoms with E-state index in [0.29, 0.717) is 21.1 Å². The maximum absolute atomic E-state index is 13.6. The van der Waals surface area contributed by atoms with Gasteiger partial charge >= 0.3 is 0 Å². The number of ketones is 1. The summed E-state index contributed by atoms with van der Waals surface area (Å²) in [6, 6.07) is 3.81. The largest absolute Gasteiger partial charge is 0.496 e. The normalized spacial score (nSPS) is 11.0. The lowest BCUT2D eigenvalue weighted by Crippen LogP contribution is -2.23. The number of carbonyl (C=O) groups excluding carboxylic acids is 1. The second kappa shape index (κ2) is 8.28. The van der Waals surface area contributed by atoms with E-state index >= 15 is 0 Å². The van der Waals surface area contributed by atoms with E-state index in [0.717, 1.165) is 28.3 Å². The molecule has 0 atom stereocenters. The maximum atomic E-state index is 13.6. The van der Waals surface area contributed by atoms with Crippen LogP contribution in [0.5, 0.6) is 5.75 Å². The standard InChI is InChI=1S/C20H19FN2O3S2/c1-5-8-23-19(25)17-11(2)12(3)28-18(17)22-20(23)27-10-15(24)14-9-13(21)6-7-16(14)26-4/h5-7,9H,1,8,10H2,2-4H3. The monoisotopic (exact) mass is 418 g/mol. The number of nitrogens with zero attached hydrogens (tertiary/aromatic N) is 2. The summed E-state index contributed by atoms with van der Waals surface area (Å²) in [5.74, 6) is -0.511. The Kier molecular flexibility index (Phi) is 6.00. The molecular formula is C20H19FN2O3S2. The van der Waals surface area contributed by atoms with Crippen LogP contribution < -0.4 is 10.3 Å². The molecule has 0 saturated carbocycles. The van der Waals surface area contributed by atoms with Crippen LogP contribution in [0, 0.1) is 19.7 Å². The maximum Gasteiger partial charge on any atom is 0.263 e. The molecule has 3 rings (SSSR count). The summed E-state index contributed by atoms with van der Waals surface area (Å²) in [6.45, 7) is 7.84. The van der Waals surface area contributed by atoms with Gasteiger partial charge in [-0.05, 0) is 37.6 Å². The summed E-state index contributed by atoms with van der Waals surface area (Å²) in [6.07, 6.45) is 1.62. The number of allylic oxidation sites excluding steroid dienone is 1. The fraction of sp³-hybridized carbons (Fsp3) is 0.250. The lowest BCUT2D eigenvalue weighted by atomic mass is 10.1. The number of hydrogen-bond acceptors (Lipinski definition) is 6. The molecule has 146 valence electrons. The Labute approximate surface area is 169 Å². The van der Waals surface area contributed by atoms with E-state index < -0.39 is 5.82 Å². The summed E-state index contributed by atoms with van der Waals surface area (Å²) in [7, 11) is 1.43. The summed E-state index contributed by atoms with van der Waals surface area (Å²) >= 11 is 2.60. The van der Waals surface area contributed by atoms with Crippen molar-refractivity contribution in [2.45, 2.75) is 25.5 Å². The molecular weight excluding hydrogens is 399 g/mol. The molecule has 2 aromatic heterocycles. The second-order valence-electron chi connectivity index (χ2n) is 6.12. The summed E-state index contributed by atoms with van der Waals surface area (Å²) < 4.78 is 20.2. The molecule has 0 aliphatic rings.